The van der Waals surface area contributed by atoms with E-state index in [0.29, 0.717) is 17.9 Å². The monoisotopic (exact) mass is 260 g/mol. The second-order valence-electron chi connectivity index (χ2n) is 4.19. The van der Waals surface area contributed by atoms with Gasteiger partial charge in [-0.15, -0.1) is 5.10 Å². The minimum Gasteiger partial charge on any atom is -0.325 e. The first-order valence-electron chi connectivity index (χ1n) is 6.03. The topological polar surface area (TPSA) is 98.7 Å². The van der Waals surface area contributed by atoms with Crippen LogP contribution in [0.2, 0.25) is 0 Å². The summed E-state index contributed by atoms with van der Waals surface area (Å²) in [6.07, 6.45) is 0.595. The summed E-state index contributed by atoms with van der Waals surface area (Å²) < 4.78 is 1.59. The Bertz CT molecular complexity index is 579. The Kier molecular flexibility index (Phi) is 3.86. The van der Waals surface area contributed by atoms with Crippen LogP contribution in [0.1, 0.15) is 19.2 Å². The number of hydrogen-bond acceptors (Lipinski definition) is 5. The van der Waals surface area contributed by atoms with Crippen molar-refractivity contribution < 1.29 is 4.79 Å². The molecular formula is C12H16N6O. The number of aryl methyl sites for hydroxylation is 1. The van der Waals surface area contributed by atoms with Gasteiger partial charge in [-0.1, -0.05) is 13.0 Å². The lowest BCUT2D eigenvalue weighted by Gasteiger charge is -2.11. The molecule has 0 saturated heterocycles. The van der Waals surface area contributed by atoms with Gasteiger partial charge in [0.1, 0.15) is 0 Å². The van der Waals surface area contributed by atoms with E-state index in [1.165, 1.54) is 0 Å². The van der Waals surface area contributed by atoms with E-state index in [-0.39, 0.29) is 5.91 Å². The van der Waals surface area contributed by atoms with Gasteiger partial charge >= 0.3 is 0 Å². The van der Waals surface area contributed by atoms with Crippen molar-refractivity contribution >= 4 is 11.6 Å². The highest BCUT2D eigenvalue weighted by Gasteiger charge is 2.11. The Morgan fingerprint density at radius 1 is 1.53 bits per heavy atom. The largest absolute Gasteiger partial charge is 0.325 e. The van der Waals surface area contributed by atoms with Crippen LogP contribution in [-0.4, -0.2) is 32.2 Å². The molecule has 7 heteroatoms. The van der Waals surface area contributed by atoms with Gasteiger partial charge in [-0.2, -0.15) is 4.68 Å². The number of carbonyl (C=O) groups excluding carboxylic acids is 1. The van der Waals surface area contributed by atoms with Gasteiger partial charge in [-0.3, -0.25) is 4.79 Å². The zero-order valence-electron chi connectivity index (χ0n) is 10.9. The molecule has 0 aliphatic rings. The van der Waals surface area contributed by atoms with Crippen molar-refractivity contribution in [3.8, 4) is 5.69 Å². The number of benzene rings is 1. The lowest BCUT2D eigenvalue weighted by Crippen LogP contribution is -2.34. The molecular weight excluding hydrogens is 244 g/mol. The molecule has 100 valence electrons. The number of nitrogens with one attached hydrogen (secondary N) is 1. The van der Waals surface area contributed by atoms with Crippen LogP contribution in [-0.2, 0) is 4.79 Å². The summed E-state index contributed by atoms with van der Waals surface area (Å²) in [6, 6.07) is 6.77. The fourth-order valence-electron chi connectivity index (χ4n) is 1.61. The van der Waals surface area contributed by atoms with Gasteiger partial charge in [0.15, 0.2) is 5.82 Å². The quantitative estimate of drug-likeness (QED) is 0.840. The maximum Gasteiger partial charge on any atom is 0.241 e. The first-order chi connectivity index (χ1) is 9.11. The first-order valence-corrected chi connectivity index (χ1v) is 6.03. The normalized spacial score (nSPS) is 12.2. The van der Waals surface area contributed by atoms with E-state index in [2.05, 4.69) is 20.8 Å². The predicted octanol–water partition coefficient (Wildman–Crippen LogP) is 0.647. The van der Waals surface area contributed by atoms with Crippen LogP contribution in [0.25, 0.3) is 5.69 Å². The van der Waals surface area contributed by atoms with Crippen LogP contribution in [0.5, 0.6) is 0 Å². The Balaban J connectivity index is 2.21. The fourth-order valence-corrected chi connectivity index (χ4v) is 1.61. The zero-order valence-corrected chi connectivity index (χ0v) is 10.9. The molecule has 19 heavy (non-hydrogen) atoms. The number of rotatable bonds is 4. The van der Waals surface area contributed by atoms with Crippen molar-refractivity contribution in [2.75, 3.05) is 5.32 Å². The van der Waals surface area contributed by atoms with Gasteiger partial charge in [0, 0.05) is 5.69 Å². The van der Waals surface area contributed by atoms with Crippen LogP contribution in [0.15, 0.2) is 24.3 Å². The summed E-state index contributed by atoms with van der Waals surface area (Å²) in [5, 5.41) is 14.0. The minimum absolute atomic E-state index is 0.201. The molecule has 1 aromatic heterocycles. The molecule has 1 amide bonds. The predicted molar refractivity (Wildman–Crippen MR) is 70.8 cm³/mol. The molecule has 1 aromatic carbocycles. The van der Waals surface area contributed by atoms with Crippen LogP contribution in [0.4, 0.5) is 5.69 Å². The summed E-state index contributed by atoms with van der Waals surface area (Å²) in [6.45, 7) is 3.67. The first kappa shape index (κ1) is 13.2. The summed E-state index contributed by atoms with van der Waals surface area (Å²) >= 11 is 0. The molecule has 2 rings (SSSR count). The van der Waals surface area contributed by atoms with E-state index >= 15 is 0 Å². The molecule has 0 radical (unpaired) electrons. The van der Waals surface area contributed by atoms with E-state index in [4.69, 9.17) is 5.73 Å². The number of nitrogens with zero attached hydrogens (tertiary/aromatic N) is 4. The van der Waals surface area contributed by atoms with Crippen LogP contribution in [0, 0.1) is 6.92 Å². The molecule has 3 N–H and O–H groups in total. The molecule has 1 heterocycles. The van der Waals surface area contributed by atoms with Gasteiger partial charge in [0.25, 0.3) is 0 Å². The number of nitrogens with two attached hydrogens (primary N) is 1. The Hall–Kier alpha value is -2.28. The number of amides is 1. The number of carbonyl (C=O) groups is 1. The third-order valence-electron chi connectivity index (χ3n) is 2.76. The lowest BCUT2D eigenvalue weighted by atomic mass is 10.2. The summed E-state index contributed by atoms with van der Waals surface area (Å²) in [5.74, 6) is 0.474. The molecule has 7 nitrogen and oxygen atoms in total. The highest BCUT2D eigenvalue weighted by atomic mass is 16.2. The highest BCUT2D eigenvalue weighted by Crippen LogP contribution is 2.14. The van der Waals surface area contributed by atoms with Gasteiger partial charge in [-0.25, -0.2) is 0 Å². The summed E-state index contributed by atoms with van der Waals surface area (Å²) in [4.78, 5) is 11.7. The van der Waals surface area contributed by atoms with Gasteiger partial charge < -0.3 is 11.1 Å². The van der Waals surface area contributed by atoms with Crippen molar-refractivity contribution in [3.63, 3.8) is 0 Å². The standard InChI is InChI=1S/C12H16N6O/c1-3-11(13)12(19)14-9-5-4-6-10(7-9)18-8(2)15-16-17-18/h4-7,11H,3,13H2,1-2H3,(H,14,19). The molecule has 0 fully saturated rings. The second-order valence-corrected chi connectivity index (χ2v) is 4.19. The molecule has 0 aliphatic carbocycles. The molecule has 1 atom stereocenters. The number of tetrazole rings is 1. The van der Waals surface area contributed by atoms with E-state index in [1.54, 1.807) is 23.7 Å². The van der Waals surface area contributed by atoms with Crippen LogP contribution in [0.3, 0.4) is 0 Å². The molecule has 0 spiro atoms. The summed E-state index contributed by atoms with van der Waals surface area (Å²) in [5.41, 5.74) is 7.12. The second kappa shape index (κ2) is 5.57. The van der Waals surface area contributed by atoms with Crippen molar-refractivity contribution in [3.05, 3.63) is 30.1 Å². The molecule has 0 saturated carbocycles. The third-order valence-corrected chi connectivity index (χ3v) is 2.76. The highest BCUT2D eigenvalue weighted by molar-refractivity contribution is 5.94. The Labute approximate surface area is 110 Å². The van der Waals surface area contributed by atoms with Gasteiger partial charge in [-0.05, 0) is 42.0 Å². The van der Waals surface area contributed by atoms with E-state index < -0.39 is 6.04 Å². The average molecular weight is 260 g/mol. The van der Waals surface area contributed by atoms with Crippen molar-refractivity contribution in [1.29, 1.82) is 0 Å². The van der Waals surface area contributed by atoms with Crippen LogP contribution < -0.4 is 11.1 Å². The average Bonchev–Trinajstić information content (AvgIpc) is 2.84. The lowest BCUT2D eigenvalue weighted by molar-refractivity contribution is -0.117. The molecule has 0 aliphatic heterocycles. The Morgan fingerprint density at radius 2 is 2.32 bits per heavy atom. The maximum absolute atomic E-state index is 11.7. The molecule has 0 bridgehead atoms. The third kappa shape index (κ3) is 2.94. The fraction of sp³-hybridized carbons (Fsp3) is 0.333. The van der Waals surface area contributed by atoms with Gasteiger partial charge in [0.2, 0.25) is 5.91 Å². The van der Waals surface area contributed by atoms with E-state index in [1.807, 2.05) is 19.1 Å². The SMILES string of the molecule is CCC(N)C(=O)Nc1cccc(-n2nnnc2C)c1. The molecule has 1 unspecified atom stereocenters. The minimum atomic E-state index is -0.501. The van der Waals surface area contributed by atoms with Crippen LogP contribution >= 0.6 is 0 Å². The van der Waals surface area contributed by atoms with E-state index in [0.717, 1.165) is 5.69 Å². The van der Waals surface area contributed by atoms with Crippen molar-refractivity contribution in [1.82, 2.24) is 20.2 Å². The maximum atomic E-state index is 11.7. The van der Waals surface area contributed by atoms with E-state index in [9.17, 15) is 4.79 Å². The number of anilines is 1. The number of aromatic nitrogens is 4. The number of hydrogen-bond donors (Lipinski definition) is 2. The van der Waals surface area contributed by atoms with Crippen molar-refractivity contribution in [2.24, 2.45) is 5.73 Å². The Morgan fingerprint density at radius 3 is 2.95 bits per heavy atom. The summed E-state index contributed by atoms with van der Waals surface area (Å²) in [7, 11) is 0. The van der Waals surface area contributed by atoms with Gasteiger partial charge in [0.05, 0.1) is 11.7 Å². The zero-order chi connectivity index (χ0) is 13.8. The smallest absolute Gasteiger partial charge is 0.241 e. The molecule has 2 aromatic rings. The van der Waals surface area contributed by atoms with Crippen molar-refractivity contribution in [2.45, 2.75) is 26.3 Å².